The summed E-state index contributed by atoms with van der Waals surface area (Å²) in [6.45, 7) is 4.73. The van der Waals surface area contributed by atoms with Crippen LogP contribution in [0.3, 0.4) is 0 Å². The maximum Gasteiger partial charge on any atom is 0.330 e. The van der Waals surface area contributed by atoms with Gasteiger partial charge in [-0.1, -0.05) is 13.8 Å². The average molecular weight is 228 g/mol. The van der Waals surface area contributed by atoms with Crippen LogP contribution in [0, 0.1) is 5.92 Å². The van der Waals surface area contributed by atoms with E-state index < -0.39 is 18.0 Å². The number of esters is 2. The van der Waals surface area contributed by atoms with E-state index in [1.54, 1.807) is 0 Å². The smallest absolute Gasteiger partial charge is 0.330 e. The van der Waals surface area contributed by atoms with E-state index in [9.17, 15) is 9.59 Å². The minimum atomic E-state index is -0.703. The first-order chi connectivity index (χ1) is 7.50. The Kier molecular flexibility index (Phi) is 4.89. The first-order valence-electron chi connectivity index (χ1n) is 5.75. The van der Waals surface area contributed by atoms with Crippen LogP contribution in [0.2, 0.25) is 0 Å². The number of carbonyl (C=O) groups excluding carboxylic acids is 2. The van der Waals surface area contributed by atoms with E-state index in [0.717, 1.165) is 19.4 Å². The zero-order chi connectivity index (χ0) is 12.1. The lowest BCUT2D eigenvalue weighted by atomic mass is 10.1. The summed E-state index contributed by atoms with van der Waals surface area (Å²) in [5.41, 5.74) is 5.62. The van der Waals surface area contributed by atoms with Gasteiger partial charge >= 0.3 is 11.9 Å². The third-order valence-corrected chi connectivity index (χ3v) is 2.57. The van der Waals surface area contributed by atoms with Crippen molar-refractivity contribution < 1.29 is 14.3 Å². The molecule has 0 saturated carbocycles. The van der Waals surface area contributed by atoms with Crippen LogP contribution in [-0.2, 0) is 14.3 Å². The van der Waals surface area contributed by atoms with Crippen LogP contribution in [0.1, 0.15) is 33.1 Å². The maximum atomic E-state index is 11.5. The summed E-state index contributed by atoms with van der Waals surface area (Å²) in [5.74, 6) is -0.809. The van der Waals surface area contributed by atoms with Crippen LogP contribution in [0.15, 0.2) is 0 Å². The Labute approximate surface area is 95.7 Å². The van der Waals surface area contributed by atoms with Gasteiger partial charge < -0.3 is 15.8 Å². The summed E-state index contributed by atoms with van der Waals surface area (Å²) in [7, 11) is 0. The van der Waals surface area contributed by atoms with Crippen LogP contribution in [0.5, 0.6) is 0 Å². The molecule has 5 heteroatoms. The molecule has 1 saturated heterocycles. The van der Waals surface area contributed by atoms with Crippen molar-refractivity contribution in [1.29, 1.82) is 0 Å². The molecular formula is C11H20N2O3. The molecular weight excluding hydrogens is 208 g/mol. The van der Waals surface area contributed by atoms with Crippen molar-refractivity contribution in [3.8, 4) is 0 Å². The standard InChI is InChI=1S/C11H20N2O3/c1-7(2)6-8(12)10(14)16-11(15)9-4-3-5-13-9/h7-9,13H,3-6,12H2,1-2H3/t8?,9-/m0/s1. The zero-order valence-electron chi connectivity index (χ0n) is 9.86. The monoisotopic (exact) mass is 228 g/mol. The molecule has 5 nitrogen and oxygen atoms in total. The molecule has 16 heavy (non-hydrogen) atoms. The highest BCUT2D eigenvalue weighted by atomic mass is 16.6. The molecule has 1 aliphatic heterocycles. The number of nitrogens with one attached hydrogen (secondary N) is 1. The van der Waals surface area contributed by atoms with Gasteiger partial charge in [-0.15, -0.1) is 0 Å². The van der Waals surface area contributed by atoms with E-state index in [1.165, 1.54) is 0 Å². The Bertz CT molecular complexity index is 260. The van der Waals surface area contributed by atoms with E-state index in [2.05, 4.69) is 5.32 Å². The Morgan fingerprint density at radius 1 is 1.50 bits per heavy atom. The minimum Gasteiger partial charge on any atom is -0.391 e. The normalized spacial score (nSPS) is 22.1. The average Bonchev–Trinajstić information content (AvgIpc) is 2.68. The fraction of sp³-hybridized carbons (Fsp3) is 0.818. The molecule has 0 radical (unpaired) electrons. The molecule has 1 unspecified atom stereocenters. The van der Waals surface area contributed by atoms with Gasteiger partial charge in [0.15, 0.2) is 0 Å². The second-order valence-corrected chi connectivity index (χ2v) is 4.63. The van der Waals surface area contributed by atoms with Crippen molar-refractivity contribution in [3.63, 3.8) is 0 Å². The van der Waals surface area contributed by atoms with E-state index >= 15 is 0 Å². The number of nitrogens with two attached hydrogens (primary N) is 1. The Balaban J connectivity index is 2.35. The van der Waals surface area contributed by atoms with E-state index in [1.807, 2.05) is 13.8 Å². The second kappa shape index (κ2) is 5.96. The highest BCUT2D eigenvalue weighted by molar-refractivity contribution is 5.90. The van der Waals surface area contributed by atoms with Gasteiger partial charge in [0.25, 0.3) is 0 Å². The third kappa shape index (κ3) is 3.90. The summed E-state index contributed by atoms with van der Waals surface area (Å²) in [5, 5.41) is 2.97. The molecule has 0 amide bonds. The van der Waals surface area contributed by atoms with Crippen LogP contribution >= 0.6 is 0 Å². The highest BCUT2D eigenvalue weighted by Crippen LogP contribution is 2.09. The largest absolute Gasteiger partial charge is 0.391 e. The SMILES string of the molecule is CC(C)CC(N)C(=O)OC(=O)[C@@H]1CCCN1. The number of ether oxygens (including phenoxy) is 1. The molecule has 0 spiro atoms. The van der Waals surface area contributed by atoms with Crippen molar-refractivity contribution >= 4 is 11.9 Å². The molecule has 0 aliphatic carbocycles. The van der Waals surface area contributed by atoms with Crippen LogP contribution in [0.4, 0.5) is 0 Å². The fourth-order valence-electron chi connectivity index (χ4n) is 1.74. The number of carbonyl (C=O) groups is 2. The van der Waals surface area contributed by atoms with E-state index in [-0.39, 0.29) is 6.04 Å². The molecule has 0 aromatic rings. The quantitative estimate of drug-likeness (QED) is 0.530. The van der Waals surface area contributed by atoms with Crippen LogP contribution < -0.4 is 11.1 Å². The second-order valence-electron chi connectivity index (χ2n) is 4.63. The first-order valence-corrected chi connectivity index (χ1v) is 5.75. The summed E-state index contributed by atoms with van der Waals surface area (Å²) in [6, 6.07) is -1.04. The third-order valence-electron chi connectivity index (χ3n) is 2.57. The van der Waals surface area contributed by atoms with Crippen LogP contribution in [-0.4, -0.2) is 30.6 Å². The van der Waals surface area contributed by atoms with Gasteiger partial charge in [-0.05, 0) is 31.7 Å². The zero-order valence-corrected chi connectivity index (χ0v) is 9.86. The van der Waals surface area contributed by atoms with Gasteiger partial charge in [-0.25, -0.2) is 9.59 Å². The topological polar surface area (TPSA) is 81.4 Å². The molecule has 0 aromatic heterocycles. The van der Waals surface area contributed by atoms with E-state index in [4.69, 9.17) is 10.5 Å². The Morgan fingerprint density at radius 2 is 2.19 bits per heavy atom. The van der Waals surface area contributed by atoms with Crippen molar-refractivity contribution in [2.24, 2.45) is 11.7 Å². The lowest BCUT2D eigenvalue weighted by molar-refractivity contribution is -0.162. The predicted molar refractivity (Wildman–Crippen MR) is 59.6 cm³/mol. The summed E-state index contributed by atoms with van der Waals surface area (Å²) >= 11 is 0. The van der Waals surface area contributed by atoms with Gasteiger partial charge in [-0.3, -0.25) is 0 Å². The number of rotatable bonds is 4. The van der Waals surface area contributed by atoms with Gasteiger partial charge in [0.1, 0.15) is 12.1 Å². The fourth-order valence-corrected chi connectivity index (χ4v) is 1.74. The molecule has 3 N–H and O–H groups in total. The predicted octanol–water partition coefficient (Wildman–Crippen LogP) is 0.182. The molecule has 1 heterocycles. The van der Waals surface area contributed by atoms with Crippen molar-refractivity contribution in [2.45, 2.75) is 45.2 Å². The van der Waals surface area contributed by atoms with Crippen molar-refractivity contribution in [2.75, 3.05) is 6.54 Å². The summed E-state index contributed by atoms with van der Waals surface area (Å²) in [6.07, 6.45) is 2.20. The minimum absolute atomic E-state index is 0.308. The first kappa shape index (κ1) is 13.1. The molecule has 1 fully saturated rings. The van der Waals surface area contributed by atoms with Gasteiger partial charge in [0, 0.05) is 0 Å². The molecule has 1 rings (SSSR count). The maximum absolute atomic E-state index is 11.5. The van der Waals surface area contributed by atoms with E-state index in [0.29, 0.717) is 12.3 Å². The Morgan fingerprint density at radius 3 is 2.69 bits per heavy atom. The lowest BCUT2D eigenvalue weighted by Crippen LogP contribution is -2.40. The lowest BCUT2D eigenvalue weighted by Gasteiger charge is -2.14. The molecule has 2 atom stereocenters. The van der Waals surface area contributed by atoms with Gasteiger partial charge in [0.05, 0.1) is 0 Å². The van der Waals surface area contributed by atoms with Crippen molar-refractivity contribution in [3.05, 3.63) is 0 Å². The molecule has 92 valence electrons. The summed E-state index contributed by atoms with van der Waals surface area (Å²) in [4.78, 5) is 22.9. The Hall–Kier alpha value is -0.940. The molecule has 0 bridgehead atoms. The van der Waals surface area contributed by atoms with Crippen LogP contribution in [0.25, 0.3) is 0 Å². The van der Waals surface area contributed by atoms with Crippen molar-refractivity contribution in [1.82, 2.24) is 5.32 Å². The molecule has 0 aromatic carbocycles. The van der Waals surface area contributed by atoms with Gasteiger partial charge in [-0.2, -0.15) is 0 Å². The summed E-state index contributed by atoms with van der Waals surface area (Å²) < 4.78 is 4.73. The number of hydrogen-bond donors (Lipinski definition) is 2. The number of hydrogen-bond acceptors (Lipinski definition) is 5. The van der Waals surface area contributed by atoms with Gasteiger partial charge in [0.2, 0.25) is 0 Å². The highest BCUT2D eigenvalue weighted by Gasteiger charge is 2.27. The molecule has 1 aliphatic rings.